The van der Waals surface area contributed by atoms with Gasteiger partial charge in [-0.15, -0.1) is 0 Å². The zero-order valence-corrected chi connectivity index (χ0v) is 17.2. The summed E-state index contributed by atoms with van der Waals surface area (Å²) in [5.74, 6) is 0.595. The summed E-state index contributed by atoms with van der Waals surface area (Å²) < 4.78 is 1.05. The molecule has 1 heterocycles. The van der Waals surface area contributed by atoms with E-state index in [1.54, 1.807) is 18.2 Å². The number of anilines is 3. The van der Waals surface area contributed by atoms with E-state index in [1.807, 2.05) is 30.3 Å². The van der Waals surface area contributed by atoms with Crippen LogP contribution < -0.4 is 10.6 Å². The summed E-state index contributed by atoms with van der Waals surface area (Å²) in [4.78, 5) is 7.82. The maximum atomic E-state index is 6.21. The number of fused-ring (bicyclic) bond motifs is 1. The molecular formula is C20H15BrCl2N4. The topological polar surface area (TPSA) is 52.7 Å². The van der Waals surface area contributed by atoms with Crippen molar-refractivity contribution in [2.24, 2.45) is 0 Å². The highest BCUT2D eigenvalue weighted by Gasteiger charge is 2.09. The molecule has 136 valence electrons. The van der Waals surface area contributed by atoms with E-state index in [1.165, 1.54) is 0 Å². The molecular weight excluding hydrogens is 447 g/mol. The first-order valence-electron chi connectivity index (χ1n) is 8.27. The summed E-state index contributed by atoms with van der Waals surface area (Å²) in [6.45, 7) is 0.713. The standard InChI is InChI=1S/C20H15BrCl2N4/c21-13-3-1-4-14(10-13)24-11-12-7-8-17-18(9-12)26-20(25-17)27-19-15(22)5-2-6-16(19)23/h1-10,24H,11H2,(H2,25,26,27). The molecule has 4 aromatic rings. The number of aromatic nitrogens is 2. The Morgan fingerprint density at radius 2 is 1.74 bits per heavy atom. The SMILES string of the molecule is Clc1cccc(Cl)c1Nc1nc2ccc(CNc3cccc(Br)c3)cc2[nH]1. The Kier molecular flexibility index (Phi) is 5.25. The summed E-state index contributed by atoms with van der Waals surface area (Å²) in [5, 5.41) is 7.66. The van der Waals surface area contributed by atoms with Crippen LogP contribution in [0.4, 0.5) is 17.3 Å². The molecule has 0 radical (unpaired) electrons. The largest absolute Gasteiger partial charge is 0.381 e. The van der Waals surface area contributed by atoms with Crippen molar-refractivity contribution < 1.29 is 0 Å². The van der Waals surface area contributed by atoms with Crippen LogP contribution in [-0.2, 0) is 6.54 Å². The van der Waals surface area contributed by atoms with Gasteiger partial charge in [-0.05, 0) is 48.0 Å². The maximum absolute atomic E-state index is 6.21. The summed E-state index contributed by atoms with van der Waals surface area (Å²) in [5.41, 5.74) is 4.65. The van der Waals surface area contributed by atoms with Crippen molar-refractivity contribution in [3.63, 3.8) is 0 Å². The van der Waals surface area contributed by atoms with E-state index < -0.39 is 0 Å². The van der Waals surface area contributed by atoms with Crippen molar-refractivity contribution in [2.75, 3.05) is 10.6 Å². The molecule has 0 fully saturated rings. The summed E-state index contributed by atoms with van der Waals surface area (Å²) in [7, 11) is 0. The number of imidazole rings is 1. The van der Waals surface area contributed by atoms with E-state index in [-0.39, 0.29) is 0 Å². The normalized spacial score (nSPS) is 10.9. The van der Waals surface area contributed by atoms with Crippen molar-refractivity contribution in [2.45, 2.75) is 6.54 Å². The molecule has 27 heavy (non-hydrogen) atoms. The van der Waals surface area contributed by atoms with Crippen LogP contribution in [0.1, 0.15) is 5.56 Å². The Bertz CT molecular complexity index is 1090. The molecule has 0 spiro atoms. The fraction of sp³-hybridized carbons (Fsp3) is 0.0500. The minimum Gasteiger partial charge on any atom is -0.381 e. The number of H-pyrrole nitrogens is 1. The van der Waals surface area contributed by atoms with Crippen molar-refractivity contribution in [3.8, 4) is 0 Å². The first-order chi connectivity index (χ1) is 13.1. The number of rotatable bonds is 5. The number of nitrogens with zero attached hydrogens (tertiary/aromatic N) is 1. The van der Waals surface area contributed by atoms with Gasteiger partial charge in [0.25, 0.3) is 0 Å². The van der Waals surface area contributed by atoms with E-state index in [0.717, 1.165) is 26.8 Å². The molecule has 0 amide bonds. The second-order valence-electron chi connectivity index (χ2n) is 6.02. The van der Waals surface area contributed by atoms with Crippen LogP contribution in [0.3, 0.4) is 0 Å². The lowest BCUT2D eigenvalue weighted by molar-refractivity contribution is 1.15. The number of halogens is 3. The fourth-order valence-electron chi connectivity index (χ4n) is 2.76. The number of nitrogens with one attached hydrogen (secondary N) is 3. The lowest BCUT2D eigenvalue weighted by Crippen LogP contribution is -1.99. The lowest BCUT2D eigenvalue weighted by Gasteiger charge is -2.07. The minimum atomic E-state index is 0.543. The molecule has 3 N–H and O–H groups in total. The van der Waals surface area contributed by atoms with Crippen molar-refractivity contribution >= 4 is 67.5 Å². The van der Waals surface area contributed by atoms with Crippen LogP contribution in [0.2, 0.25) is 10.0 Å². The fourth-order valence-corrected chi connectivity index (χ4v) is 3.66. The number of hydrogen-bond acceptors (Lipinski definition) is 3. The van der Waals surface area contributed by atoms with Crippen LogP contribution >= 0.6 is 39.1 Å². The van der Waals surface area contributed by atoms with Gasteiger partial charge in [0.1, 0.15) is 0 Å². The Morgan fingerprint density at radius 1 is 0.963 bits per heavy atom. The van der Waals surface area contributed by atoms with Crippen molar-refractivity contribution in [3.05, 3.63) is 80.7 Å². The first-order valence-corrected chi connectivity index (χ1v) is 9.82. The number of aromatic amines is 1. The van der Waals surface area contributed by atoms with E-state index >= 15 is 0 Å². The predicted molar refractivity (Wildman–Crippen MR) is 117 cm³/mol. The van der Waals surface area contributed by atoms with Crippen LogP contribution in [0.15, 0.2) is 65.1 Å². The molecule has 3 aromatic carbocycles. The highest BCUT2D eigenvalue weighted by molar-refractivity contribution is 9.10. The summed E-state index contributed by atoms with van der Waals surface area (Å²) in [6.07, 6.45) is 0. The third-order valence-corrected chi connectivity index (χ3v) is 5.20. The molecule has 0 aliphatic heterocycles. The lowest BCUT2D eigenvalue weighted by atomic mass is 10.2. The van der Waals surface area contributed by atoms with E-state index in [2.05, 4.69) is 48.7 Å². The summed E-state index contributed by atoms with van der Waals surface area (Å²) in [6, 6.07) is 19.6. The van der Waals surface area contributed by atoms with Crippen LogP contribution in [0, 0.1) is 0 Å². The minimum absolute atomic E-state index is 0.543. The molecule has 7 heteroatoms. The molecule has 0 atom stereocenters. The van der Waals surface area contributed by atoms with E-state index in [9.17, 15) is 0 Å². The maximum Gasteiger partial charge on any atom is 0.205 e. The second kappa shape index (κ2) is 7.80. The zero-order chi connectivity index (χ0) is 18.8. The second-order valence-corrected chi connectivity index (χ2v) is 7.75. The smallest absolute Gasteiger partial charge is 0.205 e. The van der Waals surface area contributed by atoms with Gasteiger partial charge in [0.2, 0.25) is 5.95 Å². The Balaban J connectivity index is 1.53. The van der Waals surface area contributed by atoms with Gasteiger partial charge in [-0.1, -0.05) is 57.3 Å². The molecule has 0 saturated heterocycles. The van der Waals surface area contributed by atoms with Crippen LogP contribution in [0.5, 0.6) is 0 Å². The van der Waals surface area contributed by atoms with E-state index in [0.29, 0.717) is 28.2 Å². The van der Waals surface area contributed by atoms with Gasteiger partial charge in [-0.2, -0.15) is 0 Å². The Morgan fingerprint density at radius 3 is 2.52 bits per heavy atom. The highest BCUT2D eigenvalue weighted by Crippen LogP contribution is 2.32. The van der Waals surface area contributed by atoms with Gasteiger partial charge in [0, 0.05) is 16.7 Å². The van der Waals surface area contributed by atoms with Crippen molar-refractivity contribution in [1.82, 2.24) is 9.97 Å². The zero-order valence-electron chi connectivity index (χ0n) is 14.1. The van der Waals surface area contributed by atoms with Gasteiger partial charge < -0.3 is 15.6 Å². The average Bonchev–Trinajstić information content (AvgIpc) is 3.05. The number of benzene rings is 3. The quantitative estimate of drug-likeness (QED) is 0.300. The first kappa shape index (κ1) is 18.2. The Labute approximate surface area is 175 Å². The van der Waals surface area contributed by atoms with Crippen LogP contribution in [-0.4, -0.2) is 9.97 Å². The molecule has 4 nitrogen and oxygen atoms in total. The molecule has 0 bridgehead atoms. The molecule has 0 aliphatic rings. The molecule has 0 unspecified atom stereocenters. The van der Waals surface area contributed by atoms with Gasteiger partial charge >= 0.3 is 0 Å². The summed E-state index contributed by atoms with van der Waals surface area (Å²) >= 11 is 15.9. The van der Waals surface area contributed by atoms with E-state index in [4.69, 9.17) is 23.2 Å². The van der Waals surface area contributed by atoms with Crippen molar-refractivity contribution in [1.29, 1.82) is 0 Å². The predicted octanol–water partition coefficient (Wildman–Crippen LogP) is 6.99. The monoisotopic (exact) mass is 460 g/mol. The number of para-hydroxylation sites is 1. The highest BCUT2D eigenvalue weighted by atomic mass is 79.9. The molecule has 0 aliphatic carbocycles. The van der Waals surface area contributed by atoms with Gasteiger partial charge in [-0.3, -0.25) is 0 Å². The third kappa shape index (κ3) is 4.21. The van der Waals surface area contributed by atoms with Crippen LogP contribution in [0.25, 0.3) is 11.0 Å². The Hall–Kier alpha value is -2.21. The van der Waals surface area contributed by atoms with Gasteiger partial charge in [-0.25, -0.2) is 4.98 Å². The number of hydrogen-bond donors (Lipinski definition) is 3. The molecule has 0 saturated carbocycles. The van der Waals surface area contributed by atoms with Gasteiger partial charge in [0.15, 0.2) is 0 Å². The van der Waals surface area contributed by atoms with Gasteiger partial charge in [0.05, 0.1) is 26.8 Å². The molecule has 4 rings (SSSR count). The molecule has 1 aromatic heterocycles. The third-order valence-electron chi connectivity index (χ3n) is 4.07. The average molecular weight is 462 g/mol.